The standard InChI is InChI=1S/C17H15F2N3.ClH/c18-16-2-1-3-17(19)15(16)11-21-10-13-4-6-14(7-5-13)22-9-8-20-12-22;/h1-9,12,21H,10-11H2;1H. The molecule has 0 unspecified atom stereocenters. The lowest BCUT2D eigenvalue weighted by Gasteiger charge is -2.08. The van der Waals surface area contributed by atoms with Crippen LogP contribution < -0.4 is 5.32 Å². The van der Waals surface area contributed by atoms with Gasteiger partial charge >= 0.3 is 0 Å². The van der Waals surface area contributed by atoms with E-state index in [0.29, 0.717) is 6.54 Å². The molecule has 3 nitrogen and oxygen atoms in total. The molecule has 120 valence electrons. The van der Waals surface area contributed by atoms with Crippen LogP contribution in [-0.4, -0.2) is 9.55 Å². The Balaban J connectivity index is 0.00000192. The van der Waals surface area contributed by atoms with Crippen molar-refractivity contribution in [3.8, 4) is 5.69 Å². The van der Waals surface area contributed by atoms with Crippen LogP contribution in [0.2, 0.25) is 0 Å². The average molecular weight is 336 g/mol. The summed E-state index contributed by atoms with van der Waals surface area (Å²) in [6, 6.07) is 11.8. The normalized spacial score (nSPS) is 10.3. The van der Waals surface area contributed by atoms with Crippen LogP contribution in [0.25, 0.3) is 5.69 Å². The molecular formula is C17H16ClF2N3. The summed E-state index contributed by atoms with van der Waals surface area (Å²) in [5.74, 6) is -1.05. The van der Waals surface area contributed by atoms with Crippen molar-refractivity contribution in [2.45, 2.75) is 13.1 Å². The van der Waals surface area contributed by atoms with Gasteiger partial charge in [-0.2, -0.15) is 0 Å². The van der Waals surface area contributed by atoms with Gasteiger partial charge in [0.15, 0.2) is 0 Å². The lowest BCUT2D eigenvalue weighted by molar-refractivity contribution is 0.535. The zero-order chi connectivity index (χ0) is 15.4. The summed E-state index contributed by atoms with van der Waals surface area (Å²) in [6.07, 6.45) is 5.32. The number of hydrogen-bond donors (Lipinski definition) is 1. The third-order valence-corrected chi connectivity index (χ3v) is 3.43. The van der Waals surface area contributed by atoms with E-state index >= 15 is 0 Å². The Hall–Kier alpha value is -2.24. The number of hydrogen-bond acceptors (Lipinski definition) is 2. The van der Waals surface area contributed by atoms with Crippen molar-refractivity contribution in [3.05, 3.63) is 83.9 Å². The first-order valence-corrected chi connectivity index (χ1v) is 6.95. The second-order valence-corrected chi connectivity index (χ2v) is 4.94. The molecule has 1 heterocycles. The molecule has 3 rings (SSSR count). The minimum Gasteiger partial charge on any atom is -0.308 e. The van der Waals surface area contributed by atoms with E-state index in [9.17, 15) is 8.78 Å². The van der Waals surface area contributed by atoms with Gasteiger partial charge in [-0.05, 0) is 29.8 Å². The van der Waals surface area contributed by atoms with Crippen molar-refractivity contribution in [1.29, 1.82) is 0 Å². The van der Waals surface area contributed by atoms with E-state index in [1.807, 2.05) is 35.0 Å². The van der Waals surface area contributed by atoms with Crippen LogP contribution in [0.1, 0.15) is 11.1 Å². The zero-order valence-electron chi connectivity index (χ0n) is 12.2. The molecule has 3 aromatic rings. The Bertz CT molecular complexity index is 723. The van der Waals surface area contributed by atoms with E-state index in [4.69, 9.17) is 0 Å². The molecule has 1 aromatic heterocycles. The van der Waals surface area contributed by atoms with E-state index in [1.165, 1.54) is 18.2 Å². The van der Waals surface area contributed by atoms with Gasteiger partial charge in [0.25, 0.3) is 0 Å². The smallest absolute Gasteiger partial charge is 0.130 e. The average Bonchev–Trinajstić information content (AvgIpc) is 3.05. The molecule has 0 atom stereocenters. The molecule has 0 bridgehead atoms. The molecule has 0 aliphatic heterocycles. The Morgan fingerprint density at radius 2 is 1.65 bits per heavy atom. The predicted octanol–water partition coefficient (Wildman–Crippen LogP) is 3.86. The van der Waals surface area contributed by atoms with Crippen molar-refractivity contribution in [2.24, 2.45) is 0 Å². The molecule has 0 fully saturated rings. The minimum atomic E-state index is -0.525. The first-order chi connectivity index (χ1) is 10.7. The van der Waals surface area contributed by atoms with Crippen LogP contribution in [0.3, 0.4) is 0 Å². The molecule has 0 amide bonds. The molecule has 0 saturated heterocycles. The van der Waals surface area contributed by atoms with Crippen LogP contribution in [-0.2, 0) is 13.1 Å². The summed E-state index contributed by atoms with van der Waals surface area (Å²) in [6.45, 7) is 0.694. The maximum atomic E-state index is 13.5. The Morgan fingerprint density at radius 1 is 0.957 bits per heavy atom. The Morgan fingerprint density at radius 3 is 2.26 bits per heavy atom. The van der Waals surface area contributed by atoms with Crippen molar-refractivity contribution in [1.82, 2.24) is 14.9 Å². The second-order valence-electron chi connectivity index (χ2n) is 4.94. The van der Waals surface area contributed by atoms with Crippen molar-refractivity contribution in [2.75, 3.05) is 0 Å². The topological polar surface area (TPSA) is 29.9 Å². The van der Waals surface area contributed by atoms with Gasteiger partial charge in [0, 0.05) is 36.7 Å². The summed E-state index contributed by atoms with van der Waals surface area (Å²) in [5.41, 5.74) is 2.12. The van der Waals surface area contributed by atoms with Crippen LogP contribution in [0.15, 0.2) is 61.2 Å². The number of aromatic nitrogens is 2. The highest BCUT2D eigenvalue weighted by Gasteiger charge is 2.07. The van der Waals surface area contributed by atoms with Crippen LogP contribution in [0, 0.1) is 11.6 Å². The Kier molecular flexibility index (Phi) is 5.84. The van der Waals surface area contributed by atoms with E-state index < -0.39 is 11.6 Å². The molecule has 6 heteroatoms. The molecular weight excluding hydrogens is 320 g/mol. The third kappa shape index (κ3) is 4.15. The van der Waals surface area contributed by atoms with Gasteiger partial charge in [0.1, 0.15) is 11.6 Å². The molecule has 23 heavy (non-hydrogen) atoms. The van der Waals surface area contributed by atoms with E-state index in [0.717, 1.165) is 11.3 Å². The molecule has 0 aliphatic carbocycles. The van der Waals surface area contributed by atoms with Gasteiger partial charge in [0.05, 0.1) is 6.33 Å². The monoisotopic (exact) mass is 335 g/mol. The van der Waals surface area contributed by atoms with Crippen LogP contribution >= 0.6 is 12.4 Å². The number of halogens is 3. The number of nitrogens with zero attached hydrogens (tertiary/aromatic N) is 2. The maximum Gasteiger partial charge on any atom is 0.130 e. The number of rotatable bonds is 5. The van der Waals surface area contributed by atoms with E-state index in [2.05, 4.69) is 10.3 Å². The predicted molar refractivity (Wildman–Crippen MR) is 87.7 cm³/mol. The summed E-state index contributed by atoms with van der Waals surface area (Å²) in [7, 11) is 0. The largest absolute Gasteiger partial charge is 0.308 e. The molecule has 0 radical (unpaired) electrons. The highest BCUT2D eigenvalue weighted by atomic mass is 35.5. The highest BCUT2D eigenvalue weighted by molar-refractivity contribution is 5.85. The van der Waals surface area contributed by atoms with Crippen LogP contribution in [0.4, 0.5) is 8.78 Å². The van der Waals surface area contributed by atoms with Gasteiger partial charge in [-0.25, -0.2) is 13.8 Å². The van der Waals surface area contributed by atoms with Gasteiger partial charge in [-0.1, -0.05) is 18.2 Å². The molecule has 0 aliphatic rings. The summed E-state index contributed by atoms with van der Waals surface area (Å²) in [5, 5.41) is 3.05. The minimum absolute atomic E-state index is 0. The van der Waals surface area contributed by atoms with Crippen LogP contribution in [0.5, 0.6) is 0 Å². The number of benzene rings is 2. The Labute approximate surface area is 139 Å². The number of imidazole rings is 1. The van der Waals surface area contributed by atoms with Gasteiger partial charge in [-0.3, -0.25) is 0 Å². The third-order valence-electron chi connectivity index (χ3n) is 3.43. The fraction of sp³-hybridized carbons (Fsp3) is 0.118. The fourth-order valence-corrected chi connectivity index (χ4v) is 2.23. The molecule has 0 spiro atoms. The lowest BCUT2D eigenvalue weighted by Crippen LogP contribution is -2.15. The molecule has 0 saturated carbocycles. The summed E-state index contributed by atoms with van der Waals surface area (Å²) in [4.78, 5) is 4.00. The lowest BCUT2D eigenvalue weighted by atomic mass is 10.1. The van der Waals surface area contributed by atoms with Gasteiger partial charge < -0.3 is 9.88 Å². The maximum absolute atomic E-state index is 13.5. The van der Waals surface area contributed by atoms with Crippen molar-refractivity contribution in [3.63, 3.8) is 0 Å². The first-order valence-electron chi connectivity index (χ1n) is 6.95. The quantitative estimate of drug-likeness (QED) is 0.767. The fourth-order valence-electron chi connectivity index (χ4n) is 2.23. The second kappa shape index (κ2) is 7.85. The summed E-state index contributed by atoms with van der Waals surface area (Å²) >= 11 is 0. The number of nitrogens with one attached hydrogen (secondary N) is 1. The van der Waals surface area contributed by atoms with Gasteiger partial charge in [0.2, 0.25) is 0 Å². The van der Waals surface area contributed by atoms with E-state index in [-0.39, 0.29) is 24.5 Å². The SMILES string of the molecule is Cl.Fc1cccc(F)c1CNCc1ccc(-n2ccnc2)cc1. The molecule has 2 aromatic carbocycles. The zero-order valence-corrected chi connectivity index (χ0v) is 13.1. The van der Waals surface area contributed by atoms with Gasteiger partial charge in [-0.15, -0.1) is 12.4 Å². The van der Waals surface area contributed by atoms with E-state index in [1.54, 1.807) is 12.5 Å². The van der Waals surface area contributed by atoms with Crippen molar-refractivity contribution < 1.29 is 8.78 Å². The van der Waals surface area contributed by atoms with Crippen molar-refractivity contribution >= 4 is 12.4 Å². The highest BCUT2D eigenvalue weighted by Crippen LogP contribution is 2.12. The first kappa shape index (κ1) is 17.1. The molecule has 1 N–H and O–H groups in total. The summed E-state index contributed by atoms with van der Waals surface area (Å²) < 4.78 is 28.9.